The van der Waals surface area contributed by atoms with Gasteiger partial charge in [0.2, 0.25) is 0 Å². The number of hydrogen-bond acceptors (Lipinski definition) is 3. The molecule has 3 rings (SSSR count). The van der Waals surface area contributed by atoms with Crippen LogP contribution in [0.2, 0.25) is 0 Å². The average molecular weight is 318 g/mol. The summed E-state index contributed by atoms with van der Waals surface area (Å²) in [7, 11) is 0. The van der Waals surface area contributed by atoms with Crippen LogP contribution in [0.25, 0.3) is 0 Å². The molecule has 1 aromatic heterocycles. The Morgan fingerprint density at radius 1 is 1.35 bits per heavy atom. The van der Waals surface area contributed by atoms with Gasteiger partial charge in [0.15, 0.2) is 0 Å². The first-order chi connectivity index (χ1) is 10.8. The fourth-order valence-electron chi connectivity index (χ4n) is 5.35. The van der Waals surface area contributed by atoms with Crippen molar-refractivity contribution in [3.63, 3.8) is 0 Å². The molecule has 0 amide bonds. The van der Waals surface area contributed by atoms with Crippen LogP contribution in [0.15, 0.2) is 35.2 Å². The van der Waals surface area contributed by atoms with Crippen molar-refractivity contribution in [1.82, 2.24) is 0 Å². The number of aliphatic hydroxyl groups is 2. The summed E-state index contributed by atoms with van der Waals surface area (Å²) in [4.78, 5) is 0. The van der Waals surface area contributed by atoms with Crippen molar-refractivity contribution >= 4 is 0 Å². The van der Waals surface area contributed by atoms with Gasteiger partial charge in [-0.25, -0.2) is 0 Å². The number of hydrogen-bond donors (Lipinski definition) is 2. The lowest BCUT2D eigenvalue weighted by Crippen LogP contribution is -2.53. The highest BCUT2D eigenvalue weighted by Crippen LogP contribution is 2.63. The third-order valence-corrected chi connectivity index (χ3v) is 7.21. The number of fused-ring (bicyclic) bond motifs is 1. The zero-order valence-electron chi connectivity index (χ0n) is 14.6. The quantitative estimate of drug-likeness (QED) is 0.808. The van der Waals surface area contributed by atoms with Gasteiger partial charge in [-0.1, -0.05) is 27.4 Å². The molecule has 2 aliphatic rings. The molecule has 3 heteroatoms. The molecule has 0 aromatic carbocycles. The Labute approximate surface area is 139 Å². The topological polar surface area (TPSA) is 53.6 Å². The SMILES string of the molecule is C=C1[C@H](O)CC[C@@H]2[C@@](C)(C[C@H](O)c3ccoc3)[C@H](C)CC[C@@]12C. The Balaban J connectivity index is 1.90. The largest absolute Gasteiger partial charge is 0.472 e. The van der Waals surface area contributed by atoms with E-state index in [0.29, 0.717) is 11.8 Å². The summed E-state index contributed by atoms with van der Waals surface area (Å²) >= 11 is 0. The highest BCUT2D eigenvalue weighted by molar-refractivity contribution is 5.23. The van der Waals surface area contributed by atoms with Crippen LogP contribution in [-0.4, -0.2) is 16.3 Å². The van der Waals surface area contributed by atoms with Gasteiger partial charge < -0.3 is 14.6 Å². The van der Waals surface area contributed by atoms with Crippen molar-refractivity contribution in [2.45, 2.75) is 65.1 Å². The lowest BCUT2D eigenvalue weighted by atomic mass is 9.45. The molecule has 2 saturated carbocycles. The van der Waals surface area contributed by atoms with Gasteiger partial charge in [0.05, 0.1) is 24.7 Å². The summed E-state index contributed by atoms with van der Waals surface area (Å²) in [5.41, 5.74) is 1.88. The molecule has 2 N–H and O–H groups in total. The molecule has 0 aliphatic heterocycles. The molecular formula is C20H30O3. The summed E-state index contributed by atoms with van der Waals surface area (Å²) in [6.07, 6.45) is 7.14. The summed E-state index contributed by atoms with van der Waals surface area (Å²) in [5.74, 6) is 1.00. The van der Waals surface area contributed by atoms with Crippen molar-refractivity contribution in [1.29, 1.82) is 0 Å². The van der Waals surface area contributed by atoms with E-state index >= 15 is 0 Å². The van der Waals surface area contributed by atoms with Gasteiger partial charge in [-0.05, 0) is 66.4 Å². The van der Waals surface area contributed by atoms with Crippen LogP contribution < -0.4 is 0 Å². The Kier molecular flexibility index (Phi) is 4.22. The monoisotopic (exact) mass is 318 g/mol. The molecule has 0 bridgehead atoms. The van der Waals surface area contributed by atoms with E-state index in [1.54, 1.807) is 12.5 Å². The maximum absolute atomic E-state index is 10.7. The minimum Gasteiger partial charge on any atom is -0.472 e. The smallest absolute Gasteiger partial charge is 0.0960 e. The van der Waals surface area contributed by atoms with E-state index in [2.05, 4.69) is 27.4 Å². The minimum absolute atomic E-state index is 0.0188. The van der Waals surface area contributed by atoms with Crippen molar-refractivity contribution in [2.24, 2.45) is 22.7 Å². The fraction of sp³-hybridized carbons (Fsp3) is 0.700. The predicted molar refractivity (Wildman–Crippen MR) is 90.8 cm³/mol. The lowest BCUT2D eigenvalue weighted by molar-refractivity contribution is -0.0907. The van der Waals surface area contributed by atoms with Gasteiger partial charge in [-0.2, -0.15) is 0 Å². The molecule has 1 heterocycles. The second-order valence-electron chi connectivity index (χ2n) is 8.31. The summed E-state index contributed by atoms with van der Waals surface area (Å²) < 4.78 is 5.13. The maximum Gasteiger partial charge on any atom is 0.0960 e. The van der Waals surface area contributed by atoms with E-state index in [0.717, 1.165) is 43.2 Å². The molecule has 0 unspecified atom stereocenters. The summed E-state index contributed by atoms with van der Waals surface area (Å²) in [6.45, 7) is 11.2. The van der Waals surface area contributed by atoms with Gasteiger partial charge in [0.1, 0.15) is 0 Å². The zero-order chi connectivity index (χ0) is 16.8. The van der Waals surface area contributed by atoms with E-state index in [-0.39, 0.29) is 16.9 Å². The molecule has 6 atom stereocenters. The lowest BCUT2D eigenvalue weighted by Gasteiger charge is -2.59. The van der Waals surface area contributed by atoms with Crippen LogP contribution in [0.3, 0.4) is 0 Å². The first kappa shape index (κ1) is 16.8. The molecule has 23 heavy (non-hydrogen) atoms. The van der Waals surface area contributed by atoms with E-state index < -0.39 is 6.10 Å². The predicted octanol–water partition coefficient (Wildman–Crippen LogP) is 4.47. The summed E-state index contributed by atoms with van der Waals surface area (Å²) in [6, 6.07) is 1.85. The van der Waals surface area contributed by atoms with Crippen molar-refractivity contribution in [3.8, 4) is 0 Å². The van der Waals surface area contributed by atoms with Crippen molar-refractivity contribution in [2.75, 3.05) is 0 Å². The van der Waals surface area contributed by atoms with Crippen LogP contribution in [-0.2, 0) is 0 Å². The molecule has 1 aromatic rings. The minimum atomic E-state index is -0.497. The highest BCUT2D eigenvalue weighted by Gasteiger charge is 2.56. The van der Waals surface area contributed by atoms with Crippen LogP contribution in [0.4, 0.5) is 0 Å². The van der Waals surface area contributed by atoms with Crippen LogP contribution in [0, 0.1) is 22.7 Å². The van der Waals surface area contributed by atoms with Crippen molar-refractivity contribution in [3.05, 3.63) is 36.3 Å². The summed E-state index contributed by atoms with van der Waals surface area (Å²) in [5, 5.41) is 21.0. The van der Waals surface area contributed by atoms with Crippen LogP contribution in [0.5, 0.6) is 0 Å². The number of rotatable bonds is 3. The number of aliphatic hydroxyl groups excluding tert-OH is 2. The van der Waals surface area contributed by atoms with Gasteiger partial charge in [-0.15, -0.1) is 0 Å². The van der Waals surface area contributed by atoms with E-state index in [9.17, 15) is 10.2 Å². The molecule has 3 nitrogen and oxygen atoms in total. The van der Waals surface area contributed by atoms with E-state index in [1.165, 1.54) is 0 Å². The molecule has 2 fully saturated rings. The number of furan rings is 1. The van der Waals surface area contributed by atoms with Gasteiger partial charge in [-0.3, -0.25) is 0 Å². The molecule has 128 valence electrons. The standard InChI is InChI=1S/C20H30O3/c1-13-7-9-19(3)14(2)16(21)5-6-18(19)20(13,4)11-17(22)15-8-10-23-12-15/h8,10,12-13,16-18,21-22H,2,5-7,9,11H2,1,3-4H3/t13-,16-,17+,18+,19+,20+/m1/s1. The Morgan fingerprint density at radius 3 is 2.74 bits per heavy atom. The van der Waals surface area contributed by atoms with E-state index in [4.69, 9.17) is 4.42 Å². The van der Waals surface area contributed by atoms with Gasteiger partial charge in [0, 0.05) is 5.56 Å². The third-order valence-electron chi connectivity index (χ3n) is 7.21. The molecule has 0 spiro atoms. The Bertz CT molecular complexity index is 563. The third kappa shape index (κ3) is 2.58. The van der Waals surface area contributed by atoms with Crippen LogP contribution in [0.1, 0.15) is 64.5 Å². The first-order valence-electron chi connectivity index (χ1n) is 8.86. The molecule has 0 saturated heterocycles. The maximum atomic E-state index is 10.7. The second-order valence-corrected chi connectivity index (χ2v) is 8.31. The Morgan fingerprint density at radius 2 is 2.09 bits per heavy atom. The fourth-order valence-corrected chi connectivity index (χ4v) is 5.35. The van der Waals surface area contributed by atoms with E-state index in [1.807, 2.05) is 6.07 Å². The highest BCUT2D eigenvalue weighted by atomic mass is 16.3. The van der Waals surface area contributed by atoms with Gasteiger partial charge in [0.25, 0.3) is 0 Å². The van der Waals surface area contributed by atoms with Crippen LogP contribution >= 0.6 is 0 Å². The zero-order valence-corrected chi connectivity index (χ0v) is 14.6. The second kappa shape index (κ2) is 5.78. The Hall–Kier alpha value is -1.06. The van der Waals surface area contributed by atoms with Gasteiger partial charge >= 0.3 is 0 Å². The first-order valence-corrected chi connectivity index (χ1v) is 8.86. The molecule has 0 radical (unpaired) electrons. The van der Waals surface area contributed by atoms with Crippen molar-refractivity contribution < 1.29 is 14.6 Å². The molecular weight excluding hydrogens is 288 g/mol. The average Bonchev–Trinajstić information content (AvgIpc) is 3.03. The normalized spacial score (nSPS) is 42.3. The molecule has 2 aliphatic carbocycles.